The predicted octanol–water partition coefficient (Wildman–Crippen LogP) is 2.67. The summed E-state index contributed by atoms with van der Waals surface area (Å²) in [5.41, 5.74) is 0.140. The second-order valence-corrected chi connectivity index (χ2v) is 4.68. The molecule has 1 aromatic rings. The van der Waals surface area contributed by atoms with E-state index in [1.165, 1.54) is 6.07 Å². The molecular weight excluding hydrogens is 277 g/mol. The fourth-order valence-electron chi connectivity index (χ4n) is 1.23. The van der Waals surface area contributed by atoms with Crippen LogP contribution >= 0.6 is 23.2 Å². The molecule has 1 rings (SSSR count). The van der Waals surface area contributed by atoms with Gasteiger partial charge in [-0.05, 0) is 26.0 Å². The van der Waals surface area contributed by atoms with Crippen molar-refractivity contribution in [3.63, 3.8) is 0 Å². The highest BCUT2D eigenvalue weighted by Gasteiger charge is 2.15. The van der Waals surface area contributed by atoms with Crippen LogP contribution in [0.3, 0.4) is 0 Å². The monoisotopic (exact) mass is 289 g/mol. The summed E-state index contributed by atoms with van der Waals surface area (Å²) in [6, 6.07) is 4.62. The Labute approximate surface area is 115 Å². The zero-order valence-electron chi connectivity index (χ0n) is 10.00. The van der Waals surface area contributed by atoms with Crippen LogP contribution in [0, 0.1) is 0 Å². The lowest BCUT2D eigenvalue weighted by atomic mass is 10.2. The van der Waals surface area contributed by atoms with Crippen molar-refractivity contribution < 1.29 is 14.3 Å². The number of rotatable bonds is 4. The summed E-state index contributed by atoms with van der Waals surface area (Å²) < 4.78 is 4.83. The molecule has 98 valence electrons. The van der Waals surface area contributed by atoms with Crippen LogP contribution in [0.5, 0.6) is 0 Å². The summed E-state index contributed by atoms with van der Waals surface area (Å²) in [7, 11) is 0. The number of amides is 1. The Kier molecular flexibility index (Phi) is 5.44. The zero-order chi connectivity index (χ0) is 13.7. The quantitative estimate of drug-likeness (QED) is 0.867. The zero-order valence-corrected chi connectivity index (χ0v) is 11.5. The van der Waals surface area contributed by atoms with Crippen molar-refractivity contribution in [2.45, 2.75) is 19.9 Å². The minimum absolute atomic E-state index is 0.00837. The van der Waals surface area contributed by atoms with Gasteiger partial charge in [0.25, 0.3) is 5.91 Å². The fraction of sp³-hybridized carbons (Fsp3) is 0.333. The van der Waals surface area contributed by atoms with E-state index in [2.05, 4.69) is 5.32 Å². The van der Waals surface area contributed by atoms with E-state index in [4.69, 9.17) is 27.9 Å². The van der Waals surface area contributed by atoms with Crippen LogP contribution in [0.4, 0.5) is 0 Å². The Bertz CT molecular complexity index is 461. The summed E-state index contributed by atoms with van der Waals surface area (Å²) >= 11 is 11.6. The highest BCUT2D eigenvalue weighted by atomic mass is 35.5. The fourth-order valence-corrected chi connectivity index (χ4v) is 1.61. The number of hydrogen-bond donors (Lipinski definition) is 1. The van der Waals surface area contributed by atoms with Gasteiger partial charge in [0.2, 0.25) is 0 Å². The number of benzene rings is 1. The van der Waals surface area contributed by atoms with Crippen molar-refractivity contribution in [2.75, 3.05) is 6.61 Å². The molecule has 0 radical (unpaired) electrons. The summed E-state index contributed by atoms with van der Waals surface area (Å²) in [4.78, 5) is 23.0. The average Bonchev–Trinajstić information content (AvgIpc) is 2.29. The average molecular weight is 290 g/mol. The lowest BCUT2D eigenvalue weighted by Gasteiger charge is -2.09. The van der Waals surface area contributed by atoms with Gasteiger partial charge < -0.3 is 10.1 Å². The van der Waals surface area contributed by atoms with E-state index in [0.29, 0.717) is 0 Å². The highest BCUT2D eigenvalue weighted by molar-refractivity contribution is 6.43. The molecule has 0 saturated heterocycles. The third kappa shape index (κ3) is 4.20. The van der Waals surface area contributed by atoms with Gasteiger partial charge in [-0.3, -0.25) is 4.79 Å². The molecule has 0 aliphatic carbocycles. The van der Waals surface area contributed by atoms with E-state index in [1.807, 2.05) is 13.8 Å². The Morgan fingerprint density at radius 3 is 2.61 bits per heavy atom. The van der Waals surface area contributed by atoms with Gasteiger partial charge in [0, 0.05) is 6.04 Å². The van der Waals surface area contributed by atoms with E-state index in [-0.39, 0.29) is 34.2 Å². The maximum Gasteiger partial charge on any atom is 0.340 e. The molecule has 18 heavy (non-hydrogen) atoms. The molecule has 1 amide bonds. The number of nitrogens with one attached hydrogen (secondary N) is 1. The maximum absolute atomic E-state index is 11.7. The molecule has 6 heteroatoms. The van der Waals surface area contributed by atoms with Gasteiger partial charge in [-0.15, -0.1) is 0 Å². The Morgan fingerprint density at radius 1 is 1.33 bits per heavy atom. The number of hydrogen-bond acceptors (Lipinski definition) is 3. The first kappa shape index (κ1) is 14.8. The number of esters is 1. The summed E-state index contributed by atoms with van der Waals surface area (Å²) in [5, 5.41) is 2.98. The SMILES string of the molecule is CC(C)NC(=O)COC(=O)c1cccc(Cl)c1Cl. The van der Waals surface area contributed by atoms with E-state index in [1.54, 1.807) is 12.1 Å². The normalized spacial score (nSPS) is 10.3. The minimum atomic E-state index is -0.679. The molecule has 1 N–H and O–H groups in total. The van der Waals surface area contributed by atoms with Gasteiger partial charge in [0.05, 0.1) is 15.6 Å². The Hall–Kier alpha value is -1.26. The Morgan fingerprint density at radius 2 is 2.00 bits per heavy atom. The second kappa shape index (κ2) is 6.61. The molecule has 0 aromatic heterocycles. The maximum atomic E-state index is 11.7. The van der Waals surface area contributed by atoms with Crippen molar-refractivity contribution >= 4 is 35.1 Å². The van der Waals surface area contributed by atoms with Gasteiger partial charge in [-0.25, -0.2) is 4.79 Å². The van der Waals surface area contributed by atoms with Crippen molar-refractivity contribution in [3.05, 3.63) is 33.8 Å². The number of halogens is 2. The highest BCUT2D eigenvalue weighted by Crippen LogP contribution is 2.25. The van der Waals surface area contributed by atoms with Crippen LogP contribution in [0.1, 0.15) is 24.2 Å². The topological polar surface area (TPSA) is 55.4 Å². The van der Waals surface area contributed by atoms with E-state index in [0.717, 1.165) is 0 Å². The van der Waals surface area contributed by atoms with E-state index < -0.39 is 5.97 Å². The molecular formula is C12H13Cl2NO3. The van der Waals surface area contributed by atoms with Gasteiger partial charge in [-0.1, -0.05) is 29.3 Å². The standard InChI is InChI=1S/C12H13Cl2NO3/c1-7(2)15-10(16)6-18-12(17)8-4-3-5-9(13)11(8)14/h3-5,7H,6H2,1-2H3,(H,15,16). The molecule has 4 nitrogen and oxygen atoms in total. The molecule has 0 aliphatic rings. The number of carbonyl (C=O) groups is 2. The van der Waals surface area contributed by atoms with Crippen molar-refractivity contribution in [1.82, 2.24) is 5.32 Å². The van der Waals surface area contributed by atoms with Gasteiger partial charge in [0.15, 0.2) is 6.61 Å². The van der Waals surface area contributed by atoms with Crippen LogP contribution in [-0.2, 0) is 9.53 Å². The van der Waals surface area contributed by atoms with Crippen molar-refractivity contribution in [2.24, 2.45) is 0 Å². The summed E-state index contributed by atoms with van der Waals surface area (Å²) in [6.07, 6.45) is 0. The molecule has 0 aliphatic heterocycles. The molecule has 0 unspecified atom stereocenters. The molecule has 0 bridgehead atoms. The third-order valence-corrected chi connectivity index (χ3v) is 2.77. The first-order valence-corrected chi connectivity index (χ1v) is 6.08. The molecule has 0 saturated carbocycles. The van der Waals surface area contributed by atoms with Crippen LogP contribution in [0.25, 0.3) is 0 Å². The van der Waals surface area contributed by atoms with Crippen molar-refractivity contribution in [3.8, 4) is 0 Å². The van der Waals surface area contributed by atoms with Crippen LogP contribution in [0.15, 0.2) is 18.2 Å². The predicted molar refractivity (Wildman–Crippen MR) is 70.0 cm³/mol. The lowest BCUT2D eigenvalue weighted by molar-refractivity contribution is -0.124. The van der Waals surface area contributed by atoms with Crippen LogP contribution in [0.2, 0.25) is 10.0 Å². The molecule has 1 aromatic carbocycles. The molecule has 0 heterocycles. The van der Waals surface area contributed by atoms with Gasteiger partial charge in [-0.2, -0.15) is 0 Å². The smallest absolute Gasteiger partial charge is 0.340 e. The summed E-state index contributed by atoms with van der Waals surface area (Å²) in [6.45, 7) is 3.28. The lowest BCUT2D eigenvalue weighted by Crippen LogP contribution is -2.34. The number of carbonyl (C=O) groups excluding carboxylic acids is 2. The van der Waals surface area contributed by atoms with Crippen molar-refractivity contribution in [1.29, 1.82) is 0 Å². The Balaban J connectivity index is 2.61. The molecule has 0 spiro atoms. The summed E-state index contributed by atoms with van der Waals surface area (Å²) in [5.74, 6) is -1.04. The third-order valence-electron chi connectivity index (χ3n) is 1.96. The van der Waals surface area contributed by atoms with Crippen LogP contribution in [-0.4, -0.2) is 24.5 Å². The van der Waals surface area contributed by atoms with Gasteiger partial charge >= 0.3 is 5.97 Å². The van der Waals surface area contributed by atoms with Gasteiger partial charge in [0.1, 0.15) is 0 Å². The minimum Gasteiger partial charge on any atom is -0.452 e. The van der Waals surface area contributed by atoms with E-state index >= 15 is 0 Å². The largest absolute Gasteiger partial charge is 0.452 e. The van der Waals surface area contributed by atoms with Crippen LogP contribution < -0.4 is 5.32 Å². The molecule has 0 fully saturated rings. The second-order valence-electron chi connectivity index (χ2n) is 3.90. The first-order chi connectivity index (χ1) is 8.41. The molecule has 0 atom stereocenters. The van der Waals surface area contributed by atoms with E-state index in [9.17, 15) is 9.59 Å². The first-order valence-electron chi connectivity index (χ1n) is 5.32. The number of ether oxygens (including phenoxy) is 1.